The molecule has 3 aromatic heterocycles. The van der Waals surface area contributed by atoms with Gasteiger partial charge in [0.1, 0.15) is 11.6 Å². The second-order valence-electron chi connectivity index (χ2n) is 7.18. The molecular weight excluding hydrogens is 423 g/mol. The molecule has 0 spiro atoms. The Morgan fingerprint density at radius 2 is 2.00 bits per heavy atom. The standard InChI is InChI=1S/C21H20ClFN6O2/c1-12-19(22)13(2)29(26-12)11-17-14(3)31-27-20(17)21(30)25-16-8-24-28(10-16)9-15-6-4-5-7-18(15)23/h4-8,10H,9,11H2,1-3H3,(H,25,30). The Labute approximate surface area is 182 Å². The first-order chi connectivity index (χ1) is 14.8. The van der Waals surface area contributed by atoms with Crippen LogP contribution in [-0.2, 0) is 13.1 Å². The number of anilines is 1. The fourth-order valence-corrected chi connectivity index (χ4v) is 3.38. The lowest BCUT2D eigenvalue weighted by molar-refractivity contribution is 0.101. The van der Waals surface area contributed by atoms with Crippen molar-refractivity contribution in [2.24, 2.45) is 0 Å². The van der Waals surface area contributed by atoms with E-state index in [-0.39, 0.29) is 18.1 Å². The van der Waals surface area contributed by atoms with E-state index in [2.05, 4.69) is 20.7 Å². The van der Waals surface area contributed by atoms with Crippen LogP contribution in [-0.4, -0.2) is 30.6 Å². The number of hydrogen-bond acceptors (Lipinski definition) is 5. The van der Waals surface area contributed by atoms with Gasteiger partial charge in [-0.15, -0.1) is 0 Å². The van der Waals surface area contributed by atoms with E-state index in [9.17, 15) is 9.18 Å². The Hall–Kier alpha value is -3.46. The molecule has 1 amide bonds. The van der Waals surface area contributed by atoms with Gasteiger partial charge in [0.15, 0.2) is 5.69 Å². The Morgan fingerprint density at radius 1 is 1.23 bits per heavy atom. The van der Waals surface area contributed by atoms with Crippen molar-refractivity contribution in [2.75, 3.05) is 5.32 Å². The second kappa shape index (κ2) is 8.35. The molecule has 0 aliphatic rings. The van der Waals surface area contributed by atoms with Crippen LogP contribution in [0.3, 0.4) is 0 Å². The Bertz CT molecular complexity index is 1260. The molecule has 0 unspecified atom stereocenters. The van der Waals surface area contributed by atoms with Gasteiger partial charge >= 0.3 is 0 Å². The minimum atomic E-state index is -0.440. The van der Waals surface area contributed by atoms with Crippen LogP contribution in [0.4, 0.5) is 10.1 Å². The smallest absolute Gasteiger partial charge is 0.278 e. The molecular formula is C21H20ClFN6O2. The first-order valence-corrected chi connectivity index (χ1v) is 9.93. The van der Waals surface area contributed by atoms with Gasteiger partial charge in [-0.25, -0.2) is 4.39 Å². The van der Waals surface area contributed by atoms with Crippen molar-refractivity contribution in [1.29, 1.82) is 0 Å². The topological polar surface area (TPSA) is 90.8 Å². The maximum Gasteiger partial charge on any atom is 0.278 e. The first-order valence-electron chi connectivity index (χ1n) is 9.55. The van der Waals surface area contributed by atoms with E-state index in [1.165, 1.54) is 12.3 Å². The van der Waals surface area contributed by atoms with Crippen LogP contribution in [0.1, 0.15) is 38.8 Å². The fraction of sp³-hybridized carbons (Fsp3) is 0.238. The maximum absolute atomic E-state index is 13.8. The third-order valence-corrected chi connectivity index (χ3v) is 5.53. The summed E-state index contributed by atoms with van der Waals surface area (Å²) in [4.78, 5) is 12.8. The largest absolute Gasteiger partial charge is 0.361 e. The number of amides is 1. The molecule has 0 saturated heterocycles. The predicted octanol–water partition coefficient (Wildman–Crippen LogP) is 4.13. The van der Waals surface area contributed by atoms with Gasteiger partial charge in [0.05, 0.1) is 41.4 Å². The summed E-state index contributed by atoms with van der Waals surface area (Å²) in [6.45, 7) is 5.95. The number of rotatable bonds is 6. The van der Waals surface area contributed by atoms with Gasteiger partial charge in [-0.3, -0.25) is 14.2 Å². The van der Waals surface area contributed by atoms with Crippen LogP contribution in [0.5, 0.6) is 0 Å². The summed E-state index contributed by atoms with van der Waals surface area (Å²) in [6.07, 6.45) is 3.11. The second-order valence-corrected chi connectivity index (χ2v) is 7.56. The number of carbonyl (C=O) groups excluding carboxylic acids is 1. The van der Waals surface area contributed by atoms with Crippen LogP contribution in [0.25, 0.3) is 0 Å². The minimum absolute atomic E-state index is 0.156. The highest BCUT2D eigenvalue weighted by Crippen LogP contribution is 2.23. The van der Waals surface area contributed by atoms with Crippen molar-refractivity contribution in [1.82, 2.24) is 24.7 Å². The average Bonchev–Trinajstić information content (AvgIpc) is 3.40. The molecule has 0 saturated carbocycles. The lowest BCUT2D eigenvalue weighted by atomic mass is 10.2. The summed E-state index contributed by atoms with van der Waals surface area (Å²) in [5.74, 6) is -0.232. The monoisotopic (exact) mass is 442 g/mol. The molecule has 160 valence electrons. The fourth-order valence-electron chi connectivity index (χ4n) is 3.24. The Kier molecular flexibility index (Phi) is 5.60. The molecule has 0 fully saturated rings. The predicted molar refractivity (Wildman–Crippen MR) is 113 cm³/mol. The van der Waals surface area contributed by atoms with E-state index in [0.717, 1.165) is 5.69 Å². The summed E-state index contributed by atoms with van der Waals surface area (Å²) >= 11 is 6.22. The highest BCUT2D eigenvalue weighted by Gasteiger charge is 2.22. The molecule has 4 rings (SSSR count). The zero-order chi connectivity index (χ0) is 22.1. The number of carbonyl (C=O) groups is 1. The molecule has 1 aromatic carbocycles. The van der Waals surface area contributed by atoms with Gasteiger partial charge in [-0.2, -0.15) is 10.2 Å². The number of aryl methyl sites for hydroxylation is 2. The van der Waals surface area contributed by atoms with Gasteiger partial charge in [0.25, 0.3) is 5.91 Å². The average molecular weight is 443 g/mol. The maximum atomic E-state index is 13.8. The van der Waals surface area contributed by atoms with Crippen molar-refractivity contribution < 1.29 is 13.7 Å². The van der Waals surface area contributed by atoms with Crippen LogP contribution in [0, 0.1) is 26.6 Å². The van der Waals surface area contributed by atoms with Crippen molar-refractivity contribution in [3.63, 3.8) is 0 Å². The summed E-state index contributed by atoms with van der Waals surface area (Å²) in [5, 5.41) is 15.8. The number of aromatic nitrogens is 5. The number of halogens is 2. The van der Waals surface area contributed by atoms with Gasteiger partial charge < -0.3 is 9.84 Å². The van der Waals surface area contributed by atoms with E-state index >= 15 is 0 Å². The lowest BCUT2D eigenvalue weighted by Gasteiger charge is -2.06. The Balaban J connectivity index is 1.50. The van der Waals surface area contributed by atoms with E-state index in [4.69, 9.17) is 16.1 Å². The molecule has 0 aliphatic heterocycles. The van der Waals surface area contributed by atoms with Crippen molar-refractivity contribution in [3.8, 4) is 0 Å². The Morgan fingerprint density at radius 3 is 2.71 bits per heavy atom. The molecule has 0 radical (unpaired) electrons. The zero-order valence-electron chi connectivity index (χ0n) is 17.2. The number of hydrogen-bond donors (Lipinski definition) is 1. The molecule has 4 aromatic rings. The van der Waals surface area contributed by atoms with Crippen LogP contribution >= 0.6 is 11.6 Å². The van der Waals surface area contributed by atoms with E-state index in [1.807, 2.05) is 13.8 Å². The molecule has 10 heteroatoms. The molecule has 3 heterocycles. The highest BCUT2D eigenvalue weighted by atomic mass is 35.5. The molecule has 1 N–H and O–H groups in total. The van der Waals surface area contributed by atoms with Gasteiger partial charge in [-0.05, 0) is 26.8 Å². The molecule has 0 bridgehead atoms. The lowest BCUT2D eigenvalue weighted by Crippen LogP contribution is -2.16. The van der Waals surface area contributed by atoms with Crippen molar-refractivity contribution in [3.05, 3.63) is 81.5 Å². The molecule has 0 atom stereocenters. The van der Waals surface area contributed by atoms with Crippen molar-refractivity contribution in [2.45, 2.75) is 33.9 Å². The number of nitrogens with zero attached hydrogens (tertiary/aromatic N) is 5. The minimum Gasteiger partial charge on any atom is -0.361 e. The van der Waals surface area contributed by atoms with Crippen molar-refractivity contribution >= 4 is 23.2 Å². The quantitative estimate of drug-likeness (QED) is 0.484. The van der Waals surface area contributed by atoms with Gasteiger partial charge in [0, 0.05) is 17.3 Å². The highest BCUT2D eigenvalue weighted by molar-refractivity contribution is 6.31. The van der Waals surface area contributed by atoms with Crippen LogP contribution < -0.4 is 5.32 Å². The third kappa shape index (κ3) is 4.22. The van der Waals surface area contributed by atoms with E-state index < -0.39 is 5.91 Å². The first kappa shape index (κ1) is 20.8. The number of benzene rings is 1. The zero-order valence-corrected chi connectivity index (χ0v) is 17.9. The third-order valence-electron chi connectivity index (χ3n) is 4.98. The molecule has 8 nitrogen and oxygen atoms in total. The summed E-state index contributed by atoms with van der Waals surface area (Å²) < 4.78 is 22.4. The SMILES string of the molecule is Cc1nn(Cc2c(C(=O)Nc3cnn(Cc4ccccc4F)c3)noc2C)c(C)c1Cl. The summed E-state index contributed by atoms with van der Waals surface area (Å²) in [5.41, 5.74) is 3.23. The summed E-state index contributed by atoms with van der Waals surface area (Å²) in [7, 11) is 0. The number of nitrogens with one attached hydrogen (secondary N) is 1. The van der Waals surface area contributed by atoms with Crippen LogP contribution in [0.15, 0.2) is 41.2 Å². The summed E-state index contributed by atoms with van der Waals surface area (Å²) in [6, 6.07) is 6.47. The molecule has 0 aliphatic carbocycles. The van der Waals surface area contributed by atoms with Crippen LogP contribution in [0.2, 0.25) is 5.02 Å². The molecule has 31 heavy (non-hydrogen) atoms. The van der Waals surface area contributed by atoms with E-state index in [1.54, 1.807) is 40.7 Å². The van der Waals surface area contributed by atoms with E-state index in [0.29, 0.717) is 39.8 Å². The van der Waals surface area contributed by atoms with Gasteiger partial charge in [0.2, 0.25) is 0 Å². The van der Waals surface area contributed by atoms with Gasteiger partial charge in [-0.1, -0.05) is 35.0 Å². The normalized spacial score (nSPS) is 11.1.